The second-order valence-electron chi connectivity index (χ2n) is 3.63. The van der Waals surface area contributed by atoms with Crippen molar-refractivity contribution in [2.45, 2.75) is 0 Å². The Balaban J connectivity index is 0.00000180. The Morgan fingerprint density at radius 2 is 1.10 bits per heavy atom. The van der Waals surface area contributed by atoms with E-state index in [0.717, 1.165) is 11.1 Å². The summed E-state index contributed by atoms with van der Waals surface area (Å²) < 4.78 is 0. The van der Waals surface area contributed by atoms with Crippen LogP contribution in [0.15, 0.2) is 61.2 Å². The summed E-state index contributed by atoms with van der Waals surface area (Å²) in [5, 5.41) is 0. The lowest BCUT2D eigenvalue weighted by atomic mass is 10.2. The first-order chi connectivity index (χ1) is 8.84. The lowest BCUT2D eigenvalue weighted by Crippen LogP contribution is -1.85. The molecule has 0 spiro atoms. The van der Waals surface area contributed by atoms with Crippen LogP contribution in [-0.4, -0.2) is 15.8 Å². The Hall–Kier alpha value is -1.97. The van der Waals surface area contributed by atoms with E-state index in [2.05, 4.69) is 9.97 Å². The number of hydrogen-bond donors (Lipinski definition) is 0. The maximum absolute atomic E-state index is 11.6. The Labute approximate surface area is 130 Å². The smallest absolute Gasteiger partial charge is 0.178 e. The summed E-state index contributed by atoms with van der Waals surface area (Å²) in [5.41, 5.74) is 1.91. The fourth-order valence-electron chi connectivity index (χ4n) is 1.36. The molecule has 0 fully saturated rings. The number of carbonyl (C=O) groups is 1. The fourth-order valence-corrected chi connectivity index (χ4v) is 1.36. The van der Waals surface area contributed by atoms with Crippen LogP contribution in [-0.2, 0) is 4.79 Å². The van der Waals surface area contributed by atoms with E-state index >= 15 is 0 Å². The highest BCUT2D eigenvalue weighted by Crippen LogP contribution is 2.02. The van der Waals surface area contributed by atoms with Gasteiger partial charge in [-0.05, 0) is 47.5 Å². The highest BCUT2D eigenvalue weighted by atomic mass is 35.5. The fraction of sp³-hybridized carbons (Fsp3) is 0. The molecule has 3 nitrogen and oxygen atoms in total. The Morgan fingerprint density at radius 1 is 0.750 bits per heavy atom. The van der Waals surface area contributed by atoms with Crippen LogP contribution >= 0.6 is 24.8 Å². The Kier molecular flexibility index (Phi) is 8.92. The minimum Gasteiger partial charge on any atom is -0.290 e. The van der Waals surface area contributed by atoms with Crippen molar-refractivity contribution in [1.82, 2.24) is 9.97 Å². The summed E-state index contributed by atoms with van der Waals surface area (Å²) in [4.78, 5) is 19.4. The van der Waals surface area contributed by atoms with Gasteiger partial charge in [0.05, 0.1) is 0 Å². The van der Waals surface area contributed by atoms with E-state index in [1.807, 2.05) is 24.3 Å². The van der Waals surface area contributed by atoms with E-state index in [4.69, 9.17) is 0 Å². The maximum atomic E-state index is 11.6. The second-order valence-corrected chi connectivity index (χ2v) is 3.63. The van der Waals surface area contributed by atoms with Crippen LogP contribution in [0.4, 0.5) is 0 Å². The number of ketones is 1. The van der Waals surface area contributed by atoms with Gasteiger partial charge in [0.1, 0.15) is 0 Å². The minimum atomic E-state index is -0.0522. The number of rotatable bonds is 4. The molecule has 0 saturated carbocycles. The van der Waals surface area contributed by atoms with Crippen LogP contribution < -0.4 is 0 Å². The summed E-state index contributed by atoms with van der Waals surface area (Å²) in [6, 6.07) is 7.37. The van der Waals surface area contributed by atoms with Gasteiger partial charge in [0, 0.05) is 24.8 Å². The third-order valence-electron chi connectivity index (χ3n) is 2.29. The van der Waals surface area contributed by atoms with Gasteiger partial charge < -0.3 is 0 Å². The van der Waals surface area contributed by atoms with Crippen LogP contribution in [0.25, 0.3) is 12.2 Å². The number of halogens is 2. The van der Waals surface area contributed by atoms with Gasteiger partial charge in [-0.1, -0.05) is 12.2 Å². The zero-order valence-corrected chi connectivity index (χ0v) is 12.2. The average Bonchev–Trinajstić information content (AvgIpc) is 2.45. The molecule has 0 aliphatic heterocycles. The molecule has 0 N–H and O–H groups in total. The summed E-state index contributed by atoms with van der Waals surface area (Å²) in [5.74, 6) is -0.0522. The highest BCUT2D eigenvalue weighted by molar-refractivity contribution is 6.04. The number of pyridine rings is 2. The summed E-state index contributed by atoms with van der Waals surface area (Å²) in [6.07, 6.45) is 13.4. The largest absolute Gasteiger partial charge is 0.290 e. The van der Waals surface area contributed by atoms with E-state index in [1.54, 1.807) is 36.9 Å². The van der Waals surface area contributed by atoms with Crippen LogP contribution in [0.2, 0.25) is 0 Å². The van der Waals surface area contributed by atoms with Gasteiger partial charge in [0.2, 0.25) is 0 Å². The summed E-state index contributed by atoms with van der Waals surface area (Å²) in [7, 11) is 0. The molecule has 0 aromatic carbocycles. The monoisotopic (exact) mass is 308 g/mol. The normalized spacial score (nSPS) is 10.0. The topological polar surface area (TPSA) is 42.9 Å². The number of carbonyl (C=O) groups excluding carboxylic acids is 1. The van der Waals surface area contributed by atoms with Gasteiger partial charge in [-0.3, -0.25) is 14.8 Å². The molecule has 0 unspecified atom stereocenters. The van der Waals surface area contributed by atoms with Crippen molar-refractivity contribution in [1.29, 1.82) is 0 Å². The molecular formula is C15H14Cl2N2O. The molecule has 0 amide bonds. The molecule has 2 aromatic rings. The van der Waals surface area contributed by atoms with Crippen LogP contribution in [0, 0.1) is 0 Å². The minimum absolute atomic E-state index is 0. The number of hydrogen-bond acceptors (Lipinski definition) is 3. The zero-order chi connectivity index (χ0) is 12.6. The van der Waals surface area contributed by atoms with Gasteiger partial charge >= 0.3 is 0 Å². The SMILES string of the molecule is Cl.Cl.O=C(C=Cc1ccncc1)C=Cc1ccncc1. The van der Waals surface area contributed by atoms with E-state index in [1.165, 1.54) is 12.2 Å². The maximum Gasteiger partial charge on any atom is 0.178 e. The molecule has 20 heavy (non-hydrogen) atoms. The molecule has 0 atom stereocenters. The molecule has 0 radical (unpaired) electrons. The van der Waals surface area contributed by atoms with E-state index < -0.39 is 0 Å². The number of nitrogens with zero attached hydrogens (tertiary/aromatic N) is 2. The van der Waals surface area contributed by atoms with E-state index in [9.17, 15) is 4.79 Å². The van der Waals surface area contributed by atoms with Gasteiger partial charge in [0.15, 0.2) is 5.78 Å². The predicted octanol–water partition coefficient (Wildman–Crippen LogP) is 3.62. The third kappa shape index (κ3) is 6.27. The molecule has 0 bridgehead atoms. The highest BCUT2D eigenvalue weighted by Gasteiger charge is 1.90. The van der Waals surface area contributed by atoms with Crippen molar-refractivity contribution in [2.24, 2.45) is 0 Å². The first-order valence-electron chi connectivity index (χ1n) is 5.55. The van der Waals surface area contributed by atoms with Gasteiger partial charge in [-0.2, -0.15) is 0 Å². The number of aromatic nitrogens is 2. The van der Waals surface area contributed by atoms with Crippen molar-refractivity contribution in [3.8, 4) is 0 Å². The molecule has 2 heterocycles. The molecule has 0 aliphatic carbocycles. The van der Waals surface area contributed by atoms with Crippen molar-refractivity contribution < 1.29 is 4.79 Å². The Bertz CT molecular complexity index is 517. The Morgan fingerprint density at radius 3 is 1.45 bits per heavy atom. The molecule has 5 heteroatoms. The average molecular weight is 309 g/mol. The molecule has 104 valence electrons. The zero-order valence-electron chi connectivity index (χ0n) is 10.5. The lowest BCUT2D eigenvalue weighted by Gasteiger charge is -1.90. The number of allylic oxidation sites excluding steroid dienone is 2. The molecule has 2 aromatic heterocycles. The van der Waals surface area contributed by atoms with E-state index in [0.29, 0.717) is 0 Å². The van der Waals surface area contributed by atoms with Crippen LogP contribution in [0.5, 0.6) is 0 Å². The molecular weight excluding hydrogens is 295 g/mol. The first kappa shape index (κ1) is 18.0. The second kappa shape index (κ2) is 9.89. The van der Waals surface area contributed by atoms with Crippen LogP contribution in [0.1, 0.15) is 11.1 Å². The lowest BCUT2D eigenvalue weighted by molar-refractivity contribution is -0.110. The standard InChI is InChI=1S/C15H12N2O.2ClH/c18-15(3-1-13-5-9-16-10-6-13)4-2-14-7-11-17-12-8-14;;/h1-12H;2*1H. The van der Waals surface area contributed by atoms with Gasteiger partial charge in [-0.25, -0.2) is 0 Å². The van der Waals surface area contributed by atoms with Crippen molar-refractivity contribution in [3.63, 3.8) is 0 Å². The van der Waals surface area contributed by atoms with Crippen molar-refractivity contribution in [3.05, 3.63) is 72.3 Å². The summed E-state index contributed by atoms with van der Waals surface area (Å²) in [6.45, 7) is 0. The van der Waals surface area contributed by atoms with Crippen LogP contribution in [0.3, 0.4) is 0 Å². The van der Waals surface area contributed by atoms with E-state index in [-0.39, 0.29) is 30.6 Å². The predicted molar refractivity (Wildman–Crippen MR) is 86.0 cm³/mol. The molecule has 2 rings (SSSR count). The van der Waals surface area contributed by atoms with Crippen molar-refractivity contribution in [2.75, 3.05) is 0 Å². The molecule has 0 saturated heterocycles. The van der Waals surface area contributed by atoms with Crippen molar-refractivity contribution >= 4 is 42.7 Å². The van der Waals surface area contributed by atoms with Gasteiger partial charge in [0.25, 0.3) is 0 Å². The third-order valence-corrected chi connectivity index (χ3v) is 2.29. The van der Waals surface area contributed by atoms with Gasteiger partial charge in [-0.15, -0.1) is 24.8 Å². The first-order valence-corrected chi connectivity index (χ1v) is 5.55. The quantitative estimate of drug-likeness (QED) is 0.810. The molecule has 0 aliphatic rings. The summed E-state index contributed by atoms with van der Waals surface area (Å²) >= 11 is 0.